The average molecular weight is 874 g/mol. The molecule has 0 aliphatic carbocycles. The second-order valence-corrected chi connectivity index (χ2v) is 17.8. The van der Waals surface area contributed by atoms with Crippen molar-refractivity contribution in [1.29, 1.82) is 0 Å². The van der Waals surface area contributed by atoms with E-state index in [2.05, 4.69) is 78.8 Å². The predicted molar refractivity (Wildman–Crippen MR) is 268 cm³/mol. The lowest BCUT2D eigenvalue weighted by atomic mass is 9.84. The zero-order valence-electron chi connectivity index (χ0n) is 40.5. The Morgan fingerprint density at radius 1 is 0.422 bits per heavy atom. The van der Waals surface area contributed by atoms with Crippen molar-refractivity contribution in [3.63, 3.8) is 0 Å². The molecule has 0 saturated carbocycles. The molecule has 0 saturated heterocycles. The highest BCUT2D eigenvalue weighted by Crippen LogP contribution is 2.56. The van der Waals surface area contributed by atoms with Crippen LogP contribution in [0.1, 0.15) is 162 Å². The zero-order chi connectivity index (χ0) is 45.0. The van der Waals surface area contributed by atoms with Gasteiger partial charge in [-0.2, -0.15) is 0 Å². The summed E-state index contributed by atoms with van der Waals surface area (Å²) in [5.74, 6) is 5.36. The topological polar surface area (TPSA) is 81.4 Å². The van der Waals surface area contributed by atoms with Gasteiger partial charge in [0.05, 0.1) is 40.1 Å². The van der Waals surface area contributed by atoms with Crippen molar-refractivity contribution >= 4 is 65.0 Å². The number of unbranched alkanes of at least 4 members (excludes halogenated alkanes) is 11. The molecule has 0 spiro atoms. The van der Waals surface area contributed by atoms with E-state index in [-0.39, 0.29) is 0 Å². The fourth-order valence-electron chi connectivity index (χ4n) is 9.31. The number of methoxy groups -OCH3 is 1. The normalized spacial score (nSPS) is 11.9. The number of ether oxygens (including phenoxy) is 6. The first-order chi connectivity index (χ1) is 31.4. The molecule has 0 N–H and O–H groups in total. The van der Waals surface area contributed by atoms with Gasteiger partial charge in [-0.1, -0.05) is 112 Å². The molecule has 7 aromatic rings. The van der Waals surface area contributed by atoms with Crippen molar-refractivity contribution in [2.75, 3.05) is 40.1 Å². The van der Waals surface area contributed by atoms with E-state index >= 15 is 0 Å². The van der Waals surface area contributed by atoms with Gasteiger partial charge in [-0.3, -0.25) is 0 Å². The minimum Gasteiger partial charge on any atom is -0.496 e. The Morgan fingerprint density at radius 2 is 0.859 bits per heavy atom. The van der Waals surface area contributed by atoms with Gasteiger partial charge < -0.3 is 32.8 Å². The fourth-order valence-corrected chi connectivity index (χ4v) is 9.31. The summed E-state index contributed by atoms with van der Waals surface area (Å²) in [6.45, 7) is 18.5. The highest BCUT2D eigenvalue weighted by Gasteiger charge is 2.31. The first kappa shape index (κ1) is 47.1. The van der Waals surface area contributed by atoms with E-state index in [0.29, 0.717) is 38.6 Å². The van der Waals surface area contributed by atoms with Crippen LogP contribution in [0.3, 0.4) is 0 Å². The van der Waals surface area contributed by atoms with Gasteiger partial charge in [0.2, 0.25) is 0 Å². The van der Waals surface area contributed by atoms with Crippen LogP contribution in [0.25, 0.3) is 65.0 Å². The maximum Gasteiger partial charge on any atom is 0.197 e. The van der Waals surface area contributed by atoms with E-state index in [1.165, 1.54) is 0 Å². The first-order valence-corrected chi connectivity index (χ1v) is 25.2. The quantitative estimate of drug-likeness (QED) is 0.0261. The summed E-state index contributed by atoms with van der Waals surface area (Å²) in [6, 6.07) is 11.2. The smallest absolute Gasteiger partial charge is 0.197 e. The minimum atomic E-state index is 0.569. The lowest BCUT2D eigenvalue weighted by molar-refractivity contribution is 0.260. The second-order valence-electron chi connectivity index (χ2n) is 17.8. The fraction of sp³-hybridized carbons (Fsp3) is 0.554. The summed E-state index contributed by atoms with van der Waals surface area (Å²) < 4.78 is 47.5. The van der Waals surface area contributed by atoms with Crippen molar-refractivity contribution in [2.45, 2.75) is 164 Å². The molecule has 8 nitrogen and oxygen atoms in total. The largest absolute Gasteiger partial charge is 0.496 e. The van der Waals surface area contributed by atoms with Gasteiger partial charge >= 0.3 is 0 Å². The number of rotatable bonds is 29. The Bertz CT molecular complexity index is 2610. The maximum absolute atomic E-state index is 7.05. The molecule has 6 aromatic carbocycles. The summed E-state index contributed by atoms with van der Waals surface area (Å²) >= 11 is 0. The van der Waals surface area contributed by atoms with Crippen LogP contribution in [0.5, 0.6) is 34.5 Å². The monoisotopic (exact) mass is 874 g/mol. The number of aromatic nitrogens is 1. The van der Waals surface area contributed by atoms with Crippen molar-refractivity contribution in [1.82, 2.24) is 4.98 Å². The van der Waals surface area contributed by atoms with Gasteiger partial charge in [-0.15, -0.1) is 0 Å². The van der Waals surface area contributed by atoms with Crippen LogP contribution < -0.4 is 28.4 Å². The van der Waals surface area contributed by atoms with Gasteiger partial charge in [-0.05, 0) is 108 Å². The van der Waals surface area contributed by atoms with Crippen LogP contribution >= 0.6 is 0 Å². The second kappa shape index (κ2) is 22.9. The number of hydrogen-bond donors (Lipinski definition) is 0. The van der Waals surface area contributed by atoms with Crippen LogP contribution in [-0.2, 0) is 6.42 Å². The molecule has 0 fully saturated rings. The average Bonchev–Trinajstić information content (AvgIpc) is 3.74. The summed E-state index contributed by atoms with van der Waals surface area (Å²) in [6.07, 6.45) is 18.6. The number of aryl methyl sites for hydroxylation is 2. The third kappa shape index (κ3) is 9.86. The molecule has 1 aromatic heterocycles. The lowest BCUT2D eigenvalue weighted by Crippen LogP contribution is -2.06. The number of benzene rings is 6. The molecular formula is C56H75NO7. The van der Waals surface area contributed by atoms with Gasteiger partial charge in [-0.25, -0.2) is 4.98 Å². The molecule has 1 heterocycles. The maximum atomic E-state index is 7.05. The molecule has 0 aliphatic rings. The van der Waals surface area contributed by atoms with Crippen LogP contribution in [0.4, 0.5) is 0 Å². The molecular weight excluding hydrogens is 799 g/mol. The van der Waals surface area contributed by atoms with Gasteiger partial charge in [0.15, 0.2) is 40.2 Å². The summed E-state index contributed by atoms with van der Waals surface area (Å²) in [5, 5.41) is 10.5. The van der Waals surface area contributed by atoms with E-state index in [9.17, 15) is 0 Å². The molecule has 0 atom stereocenters. The molecule has 0 unspecified atom stereocenters. The van der Waals surface area contributed by atoms with E-state index in [1.54, 1.807) is 7.11 Å². The molecule has 0 amide bonds. The van der Waals surface area contributed by atoms with Gasteiger partial charge in [0, 0.05) is 33.4 Å². The van der Waals surface area contributed by atoms with E-state index in [1.807, 2.05) is 0 Å². The first-order valence-electron chi connectivity index (χ1n) is 25.2. The number of hydrogen-bond acceptors (Lipinski definition) is 8. The van der Waals surface area contributed by atoms with Crippen molar-refractivity contribution in [3.8, 4) is 34.5 Å². The molecule has 7 rings (SSSR count). The van der Waals surface area contributed by atoms with Gasteiger partial charge in [0.1, 0.15) is 11.3 Å². The minimum absolute atomic E-state index is 0.569. The van der Waals surface area contributed by atoms with Gasteiger partial charge in [0.25, 0.3) is 0 Å². The SMILES string of the molecule is CCCCCOc1cc2c(cc1OCCCCC)c1c3nc(CCCC)oc3c(OCCCCC)c3c4cc(OC)c(C)cc4c4c(OCCCCC)c(OCCCCC)cc2c4c31. The molecule has 8 heteroatoms. The zero-order valence-corrected chi connectivity index (χ0v) is 40.5. The van der Waals surface area contributed by atoms with Crippen molar-refractivity contribution < 1.29 is 32.8 Å². The Hall–Kier alpha value is -4.85. The molecule has 0 aliphatic heterocycles. The third-order valence-electron chi connectivity index (χ3n) is 12.8. The van der Waals surface area contributed by atoms with Crippen LogP contribution in [0.15, 0.2) is 34.7 Å². The van der Waals surface area contributed by atoms with E-state index < -0.39 is 0 Å². The van der Waals surface area contributed by atoms with E-state index in [4.69, 9.17) is 37.8 Å². The van der Waals surface area contributed by atoms with Crippen molar-refractivity contribution in [2.24, 2.45) is 0 Å². The van der Waals surface area contributed by atoms with Crippen LogP contribution in [0.2, 0.25) is 0 Å². The summed E-state index contributed by atoms with van der Waals surface area (Å²) in [4.78, 5) is 5.42. The Morgan fingerprint density at radius 3 is 1.42 bits per heavy atom. The molecule has 64 heavy (non-hydrogen) atoms. The number of nitrogens with zero attached hydrogens (tertiary/aromatic N) is 1. The van der Waals surface area contributed by atoms with Crippen LogP contribution in [0, 0.1) is 6.92 Å². The molecule has 0 bridgehead atoms. The molecule has 346 valence electrons. The van der Waals surface area contributed by atoms with E-state index in [0.717, 1.165) is 221 Å². The predicted octanol–water partition coefficient (Wildman–Crippen LogP) is 16.5. The van der Waals surface area contributed by atoms with Crippen molar-refractivity contribution in [3.05, 3.63) is 41.8 Å². The highest BCUT2D eigenvalue weighted by atomic mass is 16.5. The number of fused-ring (bicyclic) bond motifs is 8. The summed E-state index contributed by atoms with van der Waals surface area (Å²) in [5.41, 5.74) is 2.55. The Kier molecular flexibility index (Phi) is 16.8. The highest BCUT2D eigenvalue weighted by molar-refractivity contribution is 6.45. The lowest BCUT2D eigenvalue weighted by Gasteiger charge is -2.25. The Labute approximate surface area is 382 Å². The van der Waals surface area contributed by atoms with Crippen LogP contribution in [-0.4, -0.2) is 45.1 Å². The molecule has 0 radical (unpaired) electrons. The third-order valence-corrected chi connectivity index (χ3v) is 12.8. The summed E-state index contributed by atoms with van der Waals surface area (Å²) in [7, 11) is 1.76. The number of oxazole rings is 1. The standard InChI is InChI=1S/C56H75NO7/c1-9-15-21-27-59-44-33-38-40-36-46(61-29-23-17-11-3)54(62-30-24-18-12-4)50-39-32-37(7)43(58-8)34-42(39)51-52(48(40)50)49(41(38)35-45(44)60-28-22-16-10-2)53-56(55(51)63-31-25-19-13-5)64-47(57-53)26-20-14-6/h32-36H,9-31H2,1-8H3. The Balaban J connectivity index is 1.71.